The zero-order chi connectivity index (χ0) is 17.4. The summed E-state index contributed by atoms with van der Waals surface area (Å²) in [6.07, 6.45) is 1.50. The second kappa shape index (κ2) is 5.76. The molecule has 124 valence electrons. The van der Waals surface area contributed by atoms with Gasteiger partial charge in [0.05, 0.1) is 6.21 Å². The number of aromatic nitrogens is 4. The lowest BCUT2D eigenvalue weighted by Crippen LogP contribution is -2.37. The van der Waals surface area contributed by atoms with Crippen molar-refractivity contribution in [2.24, 2.45) is 26.2 Å². The van der Waals surface area contributed by atoms with Gasteiger partial charge in [-0.05, 0) is 17.7 Å². The highest BCUT2D eigenvalue weighted by Gasteiger charge is 2.16. The number of hydrogen-bond acceptors (Lipinski definition) is 5. The van der Waals surface area contributed by atoms with E-state index in [1.54, 1.807) is 26.2 Å². The normalized spacial score (nSPS) is 11.5. The monoisotopic (exact) mass is 330 g/mol. The molecular formula is C15H15FN6O2. The van der Waals surface area contributed by atoms with Crippen LogP contribution in [0.15, 0.2) is 39.0 Å². The third-order valence-corrected chi connectivity index (χ3v) is 3.72. The van der Waals surface area contributed by atoms with Crippen LogP contribution in [0, 0.1) is 5.82 Å². The molecule has 0 amide bonds. The Hall–Kier alpha value is -3.23. The summed E-state index contributed by atoms with van der Waals surface area (Å²) in [5, 5.41) is 4.02. The molecular weight excluding hydrogens is 315 g/mol. The molecule has 1 N–H and O–H groups in total. The number of hydrazone groups is 1. The Bertz CT molecular complexity index is 1060. The summed E-state index contributed by atoms with van der Waals surface area (Å²) in [6, 6.07) is 5.82. The largest absolute Gasteiger partial charge is 0.332 e. The summed E-state index contributed by atoms with van der Waals surface area (Å²) >= 11 is 0. The molecule has 0 spiro atoms. The molecule has 0 atom stereocenters. The Morgan fingerprint density at radius 3 is 2.42 bits per heavy atom. The van der Waals surface area contributed by atoms with Gasteiger partial charge >= 0.3 is 5.69 Å². The van der Waals surface area contributed by atoms with Crippen LogP contribution in [-0.4, -0.2) is 24.9 Å². The maximum absolute atomic E-state index is 12.9. The van der Waals surface area contributed by atoms with Crippen molar-refractivity contribution in [1.29, 1.82) is 0 Å². The highest BCUT2D eigenvalue weighted by Crippen LogP contribution is 2.13. The van der Waals surface area contributed by atoms with E-state index < -0.39 is 11.2 Å². The van der Waals surface area contributed by atoms with Crippen molar-refractivity contribution < 1.29 is 4.39 Å². The van der Waals surface area contributed by atoms with Gasteiger partial charge in [0.1, 0.15) is 5.82 Å². The highest BCUT2D eigenvalue weighted by atomic mass is 19.1. The fourth-order valence-electron chi connectivity index (χ4n) is 2.33. The number of anilines is 1. The molecule has 0 fully saturated rings. The number of aryl methyl sites for hydroxylation is 2. The predicted molar refractivity (Wildman–Crippen MR) is 88.8 cm³/mol. The van der Waals surface area contributed by atoms with E-state index in [0.717, 1.165) is 4.57 Å². The van der Waals surface area contributed by atoms with E-state index >= 15 is 0 Å². The molecule has 1 aromatic carbocycles. The standard InChI is InChI=1S/C15H15FN6O2/c1-20-11-12(21(2)15(24)22(3)13(11)23)18-14(20)19-17-8-9-4-6-10(16)7-5-9/h4-8H,1-3H3,(H,18,19). The van der Waals surface area contributed by atoms with Crippen molar-refractivity contribution in [3.05, 3.63) is 56.5 Å². The fourth-order valence-corrected chi connectivity index (χ4v) is 2.33. The van der Waals surface area contributed by atoms with Crippen molar-refractivity contribution >= 4 is 23.3 Å². The van der Waals surface area contributed by atoms with E-state index in [-0.39, 0.29) is 11.5 Å². The maximum Gasteiger partial charge on any atom is 0.332 e. The van der Waals surface area contributed by atoms with Gasteiger partial charge in [-0.15, -0.1) is 0 Å². The molecule has 3 rings (SSSR count). The van der Waals surface area contributed by atoms with E-state index in [2.05, 4.69) is 15.5 Å². The van der Waals surface area contributed by atoms with E-state index in [9.17, 15) is 14.0 Å². The number of rotatable bonds is 3. The summed E-state index contributed by atoms with van der Waals surface area (Å²) in [4.78, 5) is 28.4. The molecule has 0 saturated heterocycles. The SMILES string of the molecule is Cn1c(=O)c2c(nc(NN=Cc3ccc(F)cc3)n2C)n(C)c1=O. The maximum atomic E-state index is 12.9. The number of fused-ring (bicyclic) bond motifs is 1. The first-order valence-corrected chi connectivity index (χ1v) is 7.07. The molecule has 2 heterocycles. The van der Waals surface area contributed by atoms with Gasteiger partial charge in [0.15, 0.2) is 11.2 Å². The lowest BCUT2D eigenvalue weighted by atomic mass is 10.2. The van der Waals surface area contributed by atoms with Crippen LogP contribution in [0.1, 0.15) is 5.56 Å². The summed E-state index contributed by atoms with van der Waals surface area (Å²) in [5.74, 6) is -0.0196. The lowest BCUT2D eigenvalue weighted by molar-refractivity contribution is 0.628. The topological polar surface area (TPSA) is 86.2 Å². The predicted octanol–water partition coefficient (Wildman–Crippen LogP) is 0.556. The quantitative estimate of drug-likeness (QED) is 0.561. The second-order valence-corrected chi connectivity index (χ2v) is 5.29. The molecule has 0 aliphatic heterocycles. The summed E-state index contributed by atoms with van der Waals surface area (Å²) in [5.41, 5.74) is 3.10. The van der Waals surface area contributed by atoms with E-state index in [4.69, 9.17) is 0 Å². The average Bonchev–Trinajstić information content (AvgIpc) is 2.90. The van der Waals surface area contributed by atoms with Crippen LogP contribution in [0.4, 0.5) is 10.3 Å². The van der Waals surface area contributed by atoms with Crippen LogP contribution in [0.5, 0.6) is 0 Å². The van der Waals surface area contributed by atoms with E-state index in [0.29, 0.717) is 17.0 Å². The van der Waals surface area contributed by atoms with Gasteiger partial charge in [-0.1, -0.05) is 12.1 Å². The minimum absolute atomic E-state index is 0.269. The van der Waals surface area contributed by atoms with Crippen LogP contribution in [-0.2, 0) is 21.1 Å². The van der Waals surface area contributed by atoms with Gasteiger partial charge < -0.3 is 4.57 Å². The van der Waals surface area contributed by atoms with Gasteiger partial charge in [0, 0.05) is 21.1 Å². The summed E-state index contributed by atoms with van der Waals surface area (Å²) < 4.78 is 16.7. The molecule has 2 aromatic heterocycles. The zero-order valence-electron chi connectivity index (χ0n) is 13.3. The molecule has 0 aliphatic rings. The Morgan fingerprint density at radius 2 is 1.75 bits per heavy atom. The third kappa shape index (κ3) is 2.49. The van der Waals surface area contributed by atoms with Crippen molar-refractivity contribution in [2.75, 3.05) is 5.43 Å². The molecule has 24 heavy (non-hydrogen) atoms. The van der Waals surface area contributed by atoms with Crippen molar-refractivity contribution in [3.8, 4) is 0 Å². The zero-order valence-corrected chi connectivity index (χ0v) is 13.3. The fraction of sp³-hybridized carbons (Fsp3) is 0.200. The Balaban J connectivity index is 1.99. The smallest absolute Gasteiger partial charge is 0.306 e. The van der Waals surface area contributed by atoms with Gasteiger partial charge in [-0.25, -0.2) is 14.6 Å². The first-order chi connectivity index (χ1) is 11.4. The molecule has 9 heteroatoms. The van der Waals surface area contributed by atoms with Crippen LogP contribution >= 0.6 is 0 Å². The average molecular weight is 330 g/mol. The molecule has 3 aromatic rings. The van der Waals surface area contributed by atoms with Gasteiger partial charge in [0.2, 0.25) is 5.95 Å². The molecule has 0 unspecified atom stereocenters. The number of halogens is 1. The summed E-state index contributed by atoms with van der Waals surface area (Å²) in [6.45, 7) is 0. The number of benzene rings is 1. The lowest BCUT2D eigenvalue weighted by Gasteiger charge is -2.03. The van der Waals surface area contributed by atoms with Crippen molar-refractivity contribution in [1.82, 2.24) is 18.7 Å². The Morgan fingerprint density at radius 1 is 1.08 bits per heavy atom. The van der Waals surface area contributed by atoms with Crippen LogP contribution in [0.25, 0.3) is 11.2 Å². The number of imidazole rings is 1. The van der Waals surface area contributed by atoms with Crippen molar-refractivity contribution in [3.63, 3.8) is 0 Å². The van der Waals surface area contributed by atoms with E-state index in [1.807, 2.05) is 0 Å². The molecule has 0 saturated carbocycles. The number of hydrogen-bond donors (Lipinski definition) is 1. The van der Waals surface area contributed by atoms with Crippen LogP contribution < -0.4 is 16.7 Å². The van der Waals surface area contributed by atoms with E-state index in [1.165, 1.54) is 34.5 Å². The highest BCUT2D eigenvalue weighted by molar-refractivity contribution is 5.80. The van der Waals surface area contributed by atoms with Gasteiger partial charge in [-0.3, -0.25) is 13.9 Å². The molecule has 0 bridgehead atoms. The first-order valence-electron chi connectivity index (χ1n) is 7.07. The minimum Gasteiger partial charge on any atom is -0.306 e. The molecule has 0 aliphatic carbocycles. The van der Waals surface area contributed by atoms with Gasteiger partial charge in [0.25, 0.3) is 5.56 Å². The van der Waals surface area contributed by atoms with Gasteiger partial charge in [-0.2, -0.15) is 10.1 Å². The Labute approximate surface area is 135 Å². The van der Waals surface area contributed by atoms with Crippen molar-refractivity contribution in [2.45, 2.75) is 0 Å². The minimum atomic E-state index is -0.452. The van der Waals surface area contributed by atoms with Crippen LogP contribution in [0.2, 0.25) is 0 Å². The molecule has 0 radical (unpaired) electrons. The second-order valence-electron chi connectivity index (χ2n) is 5.29. The first kappa shape index (κ1) is 15.7. The number of nitrogens with one attached hydrogen (secondary N) is 1. The third-order valence-electron chi connectivity index (χ3n) is 3.72. The number of nitrogens with zero attached hydrogens (tertiary/aromatic N) is 5. The summed E-state index contributed by atoms with van der Waals surface area (Å²) in [7, 11) is 4.61. The Kier molecular flexibility index (Phi) is 3.76. The molecule has 8 nitrogen and oxygen atoms in total. The van der Waals surface area contributed by atoms with Crippen LogP contribution in [0.3, 0.4) is 0 Å².